The monoisotopic (exact) mass is 345 g/mol. The van der Waals surface area contributed by atoms with Crippen molar-refractivity contribution in [2.45, 2.75) is 45.4 Å². The number of rotatable bonds is 5. The van der Waals surface area contributed by atoms with Gasteiger partial charge in [0, 0.05) is 25.9 Å². The topological polar surface area (TPSA) is 62.3 Å². The van der Waals surface area contributed by atoms with Gasteiger partial charge in [-0.2, -0.15) is 0 Å². The predicted octanol–water partition coefficient (Wildman–Crippen LogP) is 3.59. The third-order valence-corrected chi connectivity index (χ3v) is 5.29. The average Bonchev–Trinajstić information content (AvgIpc) is 3.01. The molecule has 0 saturated carbocycles. The van der Waals surface area contributed by atoms with E-state index in [1.807, 2.05) is 24.0 Å². The number of aryl methyl sites for hydroxylation is 1. The summed E-state index contributed by atoms with van der Waals surface area (Å²) >= 11 is 1.48. The number of hydrogen-bond donors (Lipinski definition) is 1. The van der Waals surface area contributed by atoms with E-state index >= 15 is 0 Å². The van der Waals surface area contributed by atoms with Gasteiger partial charge in [0.1, 0.15) is 0 Å². The minimum atomic E-state index is -0.0265. The van der Waals surface area contributed by atoms with Crippen molar-refractivity contribution in [3.8, 4) is 0 Å². The number of amides is 2. The molecule has 1 aromatic carbocycles. The number of likely N-dealkylation sites (tertiary alicyclic amines) is 1. The van der Waals surface area contributed by atoms with Gasteiger partial charge < -0.3 is 10.2 Å². The van der Waals surface area contributed by atoms with Gasteiger partial charge in [0.25, 0.3) is 0 Å². The van der Waals surface area contributed by atoms with Crippen LogP contribution in [-0.4, -0.2) is 34.8 Å². The molecule has 1 aliphatic rings. The molecule has 0 atom stereocenters. The molecule has 2 aromatic rings. The maximum Gasteiger partial charge on any atom is 0.225 e. The van der Waals surface area contributed by atoms with Crippen molar-refractivity contribution in [2.24, 2.45) is 0 Å². The highest BCUT2D eigenvalue weighted by atomic mass is 32.1. The van der Waals surface area contributed by atoms with E-state index in [4.69, 9.17) is 0 Å². The Morgan fingerprint density at radius 3 is 2.79 bits per heavy atom. The molecule has 0 radical (unpaired) electrons. The quantitative estimate of drug-likeness (QED) is 0.901. The molecule has 5 nitrogen and oxygen atoms in total. The Morgan fingerprint density at radius 2 is 2.04 bits per heavy atom. The zero-order valence-electron chi connectivity index (χ0n) is 14.0. The number of benzene rings is 1. The zero-order chi connectivity index (χ0) is 16.9. The van der Waals surface area contributed by atoms with Crippen LogP contribution in [0, 0.1) is 0 Å². The summed E-state index contributed by atoms with van der Waals surface area (Å²) in [7, 11) is 0. The lowest BCUT2D eigenvalue weighted by Gasteiger charge is -2.26. The highest BCUT2D eigenvalue weighted by molar-refractivity contribution is 7.22. The first-order valence-corrected chi connectivity index (χ1v) is 9.44. The molecule has 0 bridgehead atoms. The highest BCUT2D eigenvalue weighted by Crippen LogP contribution is 2.27. The van der Waals surface area contributed by atoms with Crippen LogP contribution in [0.15, 0.2) is 18.2 Å². The van der Waals surface area contributed by atoms with Crippen LogP contribution in [0.4, 0.5) is 5.13 Å². The fourth-order valence-electron chi connectivity index (χ4n) is 2.94. The lowest BCUT2D eigenvalue weighted by atomic mass is 10.1. The first-order chi connectivity index (χ1) is 11.7. The van der Waals surface area contributed by atoms with E-state index in [0.29, 0.717) is 18.0 Å². The fraction of sp³-hybridized carbons (Fsp3) is 0.500. The summed E-state index contributed by atoms with van der Waals surface area (Å²) in [4.78, 5) is 30.1. The number of hydrogen-bond acceptors (Lipinski definition) is 4. The van der Waals surface area contributed by atoms with Crippen molar-refractivity contribution in [3.63, 3.8) is 0 Å². The summed E-state index contributed by atoms with van der Waals surface area (Å²) in [6.45, 7) is 3.64. The van der Waals surface area contributed by atoms with Crippen LogP contribution >= 0.6 is 11.3 Å². The first kappa shape index (κ1) is 16.9. The summed E-state index contributed by atoms with van der Waals surface area (Å²) in [5.74, 6) is 0.233. The predicted molar refractivity (Wildman–Crippen MR) is 97.3 cm³/mol. The number of nitrogens with zero attached hydrogens (tertiary/aromatic N) is 2. The second kappa shape index (κ2) is 7.75. The molecule has 6 heteroatoms. The number of carbonyl (C=O) groups is 2. The van der Waals surface area contributed by atoms with Gasteiger partial charge in [-0.25, -0.2) is 4.98 Å². The van der Waals surface area contributed by atoms with Crippen LogP contribution in [0.2, 0.25) is 0 Å². The molecule has 1 aliphatic heterocycles. The summed E-state index contributed by atoms with van der Waals surface area (Å²) < 4.78 is 1.05. The van der Waals surface area contributed by atoms with Crippen molar-refractivity contribution in [1.29, 1.82) is 0 Å². The maximum atomic E-state index is 12.3. The van der Waals surface area contributed by atoms with Crippen LogP contribution in [0.1, 0.15) is 44.6 Å². The van der Waals surface area contributed by atoms with Gasteiger partial charge in [0.15, 0.2) is 5.13 Å². The van der Waals surface area contributed by atoms with E-state index in [-0.39, 0.29) is 11.8 Å². The van der Waals surface area contributed by atoms with E-state index in [1.165, 1.54) is 17.8 Å². The highest BCUT2D eigenvalue weighted by Gasteiger charge is 2.16. The van der Waals surface area contributed by atoms with Crippen LogP contribution in [-0.2, 0) is 16.0 Å². The largest absolute Gasteiger partial charge is 0.343 e. The Labute approximate surface area is 146 Å². The van der Waals surface area contributed by atoms with Gasteiger partial charge in [0.2, 0.25) is 11.8 Å². The van der Waals surface area contributed by atoms with Gasteiger partial charge in [-0.15, -0.1) is 0 Å². The Kier molecular flexibility index (Phi) is 5.45. The smallest absolute Gasteiger partial charge is 0.225 e. The van der Waals surface area contributed by atoms with E-state index in [2.05, 4.69) is 16.4 Å². The molecule has 0 spiro atoms. The third-order valence-electron chi connectivity index (χ3n) is 4.36. The molecule has 2 amide bonds. The van der Waals surface area contributed by atoms with Gasteiger partial charge in [-0.05, 0) is 43.4 Å². The number of aromatic nitrogens is 1. The van der Waals surface area contributed by atoms with Crippen molar-refractivity contribution in [1.82, 2.24) is 9.88 Å². The van der Waals surface area contributed by atoms with Crippen molar-refractivity contribution in [3.05, 3.63) is 23.8 Å². The van der Waals surface area contributed by atoms with E-state index in [9.17, 15) is 9.59 Å². The molecular formula is C18H23N3O2S. The third kappa shape index (κ3) is 4.12. The normalized spacial score (nSPS) is 14.8. The average molecular weight is 345 g/mol. The van der Waals surface area contributed by atoms with Crippen LogP contribution < -0.4 is 5.32 Å². The molecule has 1 aromatic heterocycles. The standard InChI is InChI=1S/C18H23N3O2S/c1-2-16(22)20-18-19-14-8-6-13(12-15(14)24-18)7-9-17(23)21-10-4-3-5-11-21/h6,8,12H,2-5,7,9-11H2,1H3,(H,19,20,22). The molecule has 1 N–H and O–H groups in total. The Balaban J connectivity index is 1.62. The van der Waals surface area contributed by atoms with Gasteiger partial charge in [0.05, 0.1) is 10.2 Å². The lowest BCUT2D eigenvalue weighted by molar-refractivity contribution is -0.132. The second-order valence-electron chi connectivity index (χ2n) is 6.16. The minimum absolute atomic E-state index is 0.0265. The van der Waals surface area contributed by atoms with Gasteiger partial charge >= 0.3 is 0 Å². The van der Waals surface area contributed by atoms with Crippen molar-refractivity contribution < 1.29 is 9.59 Å². The number of thiazole rings is 1. The Hall–Kier alpha value is -1.95. The van der Waals surface area contributed by atoms with Gasteiger partial charge in [-0.1, -0.05) is 24.3 Å². The molecule has 1 fully saturated rings. The minimum Gasteiger partial charge on any atom is -0.343 e. The number of fused-ring (bicyclic) bond motifs is 1. The van der Waals surface area contributed by atoms with Crippen molar-refractivity contribution in [2.75, 3.05) is 18.4 Å². The number of anilines is 1. The van der Waals surface area contributed by atoms with Crippen molar-refractivity contribution >= 4 is 38.5 Å². The molecule has 1 saturated heterocycles. The van der Waals surface area contributed by atoms with E-state index in [0.717, 1.165) is 48.1 Å². The first-order valence-electron chi connectivity index (χ1n) is 8.63. The van der Waals surface area contributed by atoms with Crippen LogP contribution in [0.5, 0.6) is 0 Å². The summed E-state index contributed by atoms with van der Waals surface area (Å²) in [5.41, 5.74) is 2.03. The fourth-order valence-corrected chi connectivity index (χ4v) is 3.88. The molecule has 2 heterocycles. The lowest BCUT2D eigenvalue weighted by Crippen LogP contribution is -2.35. The molecule has 0 aliphatic carbocycles. The summed E-state index contributed by atoms with van der Waals surface area (Å²) in [6, 6.07) is 6.07. The summed E-state index contributed by atoms with van der Waals surface area (Å²) in [5, 5.41) is 3.44. The SMILES string of the molecule is CCC(=O)Nc1nc2ccc(CCC(=O)N3CCCCC3)cc2s1. The van der Waals surface area contributed by atoms with E-state index < -0.39 is 0 Å². The van der Waals surface area contributed by atoms with E-state index in [1.54, 1.807) is 0 Å². The van der Waals surface area contributed by atoms with Gasteiger partial charge in [-0.3, -0.25) is 9.59 Å². The Bertz CT molecular complexity index is 735. The molecule has 3 rings (SSSR count). The zero-order valence-corrected chi connectivity index (χ0v) is 14.8. The molecular weight excluding hydrogens is 322 g/mol. The maximum absolute atomic E-state index is 12.3. The van der Waals surface area contributed by atoms with Crippen LogP contribution in [0.3, 0.4) is 0 Å². The molecule has 24 heavy (non-hydrogen) atoms. The van der Waals surface area contributed by atoms with Crippen LogP contribution in [0.25, 0.3) is 10.2 Å². The Morgan fingerprint density at radius 1 is 1.25 bits per heavy atom. The number of carbonyl (C=O) groups excluding carboxylic acids is 2. The molecule has 0 unspecified atom stereocenters. The summed E-state index contributed by atoms with van der Waals surface area (Å²) in [6.07, 6.45) is 5.25. The molecule has 128 valence electrons. The number of nitrogens with one attached hydrogen (secondary N) is 1. The number of piperidine rings is 1. The second-order valence-corrected chi connectivity index (χ2v) is 7.19.